The van der Waals surface area contributed by atoms with Gasteiger partial charge in [-0.1, -0.05) is 25.6 Å². The standard InChI is InChI=1S/C12H17FN2O/c1-3-7-14-12(16)15-11-8-10(13)6-5-9(11)4-2/h4-6,8,12,14-16H,2-3,7H2,1H3. The predicted molar refractivity (Wildman–Crippen MR) is 64.4 cm³/mol. The summed E-state index contributed by atoms with van der Waals surface area (Å²) in [5.74, 6) is -0.351. The molecule has 16 heavy (non-hydrogen) atoms. The lowest BCUT2D eigenvalue weighted by molar-refractivity contribution is 0.165. The van der Waals surface area contributed by atoms with Gasteiger partial charge in [0.05, 0.1) is 0 Å². The molecule has 4 heteroatoms. The van der Waals surface area contributed by atoms with Gasteiger partial charge in [0.1, 0.15) is 5.82 Å². The largest absolute Gasteiger partial charge is 0.361 e. The maximum atomic E-state index is 13.0. The molecule has 0 fully saturated rings. The van der Waals surface area contributed by atoms with E-state index in [1.54, 1.807) is 12.1 Å². The molecule has 88 valence electrons. The number of halogens is 1. The Kier molecular flexibility index (Phi) is 4.95. The molecule has 1 rings (SSSR count). The second-order valence-electron chi connectivity index (χ2n) is 3.44. The SMILES string of the molecule is C=Cc1ccc(F)cc1NC(O)NCCC. The highest BCUT2D eigenvalue weighted by Crippen LogP contribution is 2.18. The summed E-state index contributed by atoms with van der Waals surface area (Å²) in [4.78, 5) is 0. The number of anilines is 1. The third-order valence-corrected chi connectivity index (χ3v) is 2.12. The van der Waals surface area contributed by atoms with Crippen LogP contribution in [0.15, 0.2) is 24.8 Å². The van der Waals surface area contributed by atoms with Crippen molar-refractivity contribution < 1.29 is 9.50 Å². The van der Waals surface area contributed by atoms with E-state index in [4.69, 9.17) is 0 Å². The van der Waals surface area contributed by atoms with Gasteiger partial charge in [-0.05, 0) is 30.7 Å². The van der Waals surface area contributed by atoms with E-state index in [9.17, 15) is 9.50 Å². The van der Waals surface area contributed by atoms with Gasteiger partial charge in [0.25, 0.3) is 0 Å². The quantitative estimate of drug-likeness (QED) is 0.649. The van der Waals surface area contributed by atoms with Crippen LogP contribution in [0, 0.1) is 5.82 Å². The van der Waals surface area contributed by atoms with Crippen molar-refractivity contribution in [2.24, 2.45) is 0 Å². The molecule has 3 N–H and O–H groups in total. The average molecular weight is 224 g/mol. The molecular weight excluding hydrogens is 207 g/mol. The zero-order valence-electron chi connectivity index (χ0n) is 9.33. The number of nitrogens with one attached hydrogen (secondary N) is 2. The third-order valence-electron chi connectivity index (χ3n) is 2.12. The van der Waals surface area contributed by atoms with Crippen molar-refractivity contribution in [3.05, 3.63) is 36.2 Å². The fourth-order valence-electron chi connectivity index (χ4n) is 1.31. The number of hydrogen-bond donors (Lipinski definition) is 3. The van der Waals surface area contributed by atoms with Crippen LogP contribution in [0.5, 0.6) is 0 Å². The van der Waals surface area contributed by atoms with Crippen LogP contribution in [0.2, 0.25) is 0 Å². The van der Waals surface area contributed by atoms with E-state index >= 15 is 0 Å². The monoisotopic (exact) mass is 224 g/mol. The van der Waals surface area contributed by atoms with Gasteiger partial charge in [0.15, 0.2) is 6.35 Å². The first-order valence-electron chi connectivity index (χ1n) is 5.27. The Morgan fingerprint density at radius 3 is 2.94 bits per heavy atom. The van der Waals surface area contributed by atoms with Crippen LogP contribution in [0.1, 0.15) is 18.9 Å². The number of rotatable bonds is 6. The van der Waals surface area contributed by atoms with Gasteiger partial charge in [-0.2, -0.15) is 0 Å². The van der Waals surface area contributed by atoms with Crippen LogP contribution >= 0.6 is 0 Å². The van der Waals surface area contributed by atoms with Crippen LogP contribution in [0.4, 0.5) is 10.1 Å². The molecule has 3 nitrogen and oxygen atoms in total. The molecule has 0 aliphatic rings. The van der Waals surface area contributed by atoms with E-state index in [1.165, 1.54) is 12.1 Å². The molecule has 0 saturated carbocycles. The van der Waals surface area contributed by atoms with Crippen molar-refractivity contribution in [3.8, 4) is 0 Å². The van der Waals surface area contributed by atoms with E-state index in [2.05, 4.69) is 17.2 Å². The van der Waals surface area contributed by atoms with Crippen LogP contribution in [-0.4, -0.2) is 18.0 Å². The highest BCUT2D eigenvalue weighted by atomic mass is 19.1. The Morgan fingerprint density at radius 2 is 2.31 bits per heavy atom. The minimum absolute atomic E-state index is 0.351. The van der Waals surface area contributed by atoms with Gasteiger partial charge >= 0.3 is 0 Å². The molecular formula is C12H17FN2O. The maximum Gasteiger partial charge on any atom is 0.181 e. The van der Waals surface area contributed by atoms with Gasteiger partial charge < -0.3 is 10.4 Å². The highest BCUT2D eigenvalue weighted by molar-refractivity contribution is 5.65. The van der Waals surface area contributed by atoms with Crippen molar-refractivity contribution in [3.63, 3.8) is 0 Å². The predicted octanol–water partition coefficient (Wildman–Crippen LogP) is 2.16. The smallest absolute Gasteiger partial charge is 0.181 e. The van der Waals surface area contributed by atoms with E-state index < -0.39 is 6.35 Å². The minimum atomic E-state index is -0.888. The fraction of sp³-hybridized carbons (Fsp3) is 0.333. The highest BCUT2D eigenvalue weighted by Gasteiger charge is 2.06. The van der Waals surface area contributed by atoms with Gasteiger partial charge in [0.2, 0.25) is 0 Å². The summed E-state index contributed by atoms with van der Waals surface area (Å²) >= 11 is 0. The Morgan fingerprint density at radius 1 is 1.56 bits per heavy atom. The van der Waals surface area contributed by atoms with Crippen molar-refractivity contribution in [2.75, 3.05) is 11.9 Å². The Hall–Kier alpha value is -1.39. The number of aliphatic hydroxyl groups excluding tert-OH is 1. The minimum Gasteiger partial charge on any atom is -0.361 e. The summed E-state index contributed by atoms with van der Waals surface area (Å²) in [6, 6.07) is 4.29. The van der Waals surface area contributed by atoms with Crippen molar-refractivity contribution in [1.29, 1.82) is 0 Å². The van der Waals surface area contributed by atoms with E-state index in [0.29, 0.717) is 12.2 Å². The molecule has 0 bridgehead atoms. The molecule has 0 spiro atoms. The van der Waals surface area contributed by atoms with E-state index in [0.717, 1.165) is 12.0 Å². The van der Waals surface area contributed by atoms with Gasteiger partial charge in [0, 0.05) is 5.69 Å². The summed E-state index contributed by atoms with van der Waals surface area (Å²) in [7, 11) is 0. The molecule has 1 unspecified atom stereocenters. The molecule has 0 saturated heterocycles. The van der Waals surface area contributed by atoms with Crippen LogP contribution < -0.4 is 10.6 Å². The number of aliphatic hydroxyl groups is 1. The molecule has 1 aromatic rings. The summed E-state index contributed by atoms with van der Waals surface area (Å²) in [5, 5.41) is 15.2. The first kappa shape index (κ1) is 12.7. The topological polar surface area (TPSA) is 44.3 Å². The third kappa shape index (κ3) is 3.64. The van der Waals surface area contributed by atoms with Crippen LogP contribution in [-0.2, 0) is 0 Å². The van der Waals surface area contributed by atoms with E-state index in [-0.39, 0.29) is 5.82 Å². The maximum absolute atomic E-state index is 13.0. The van der Waals surface area contributed by atoms with Crippen molar-refractivity contribution in [1.82, 2.24) is 5.32 Å². The van der Waals surface area contributed by atoms with Gasteiger partial charge in [-0.25, -0.2) is 4.39 Å². The lowest BCUT2D eigenvalue weighted by atomic mass is 10.1. The summed E-state index contributed by atoms with van der Waals surface area (Å²) < 4.78 is 13.0. The number of benzene rings is 1. The van der Waals surface area contributed by atoms with Gasteiger partial charge in [-0.15, -0.1) is 0 Å². The molecule has 1 aromatic carbocycles. The normalized spacial score (nSPS) is 12.2. The average Bonchev–Trinajstić information content (AvgIpc) is 2.27. The molecule has 0 amide bonds. The molecule has 0 aliphatic heterocycles. The Balaban J connectivity index is 2.71. The Labute approximate surface area is 95.0 Å². The van der Waals surface area contributed by atoms with E-state index in [1.807, 2.05) is 6.92 Å². The van der Waals surface area contributed by atoms with Crippen molar-refractivity contribution >= 4 is 11.8 Å². The lowest BCUT2D eigenvalue weighted by Crippen LogP contribution is -2.36. The van der Waals surface area contributed by atoms with Crippen LogP contribution in [0.25, 0.3) is 6.08 Å². The van der Waals surface area contributed by atoms with Crippen LogP contribution in [0.3, 0.4) is 0 Å². The summed E-state index contributed by atoms with van der Waals surface area (Å²) in [5.41, 5.74) is 1.27. The molecule has 0 heterocycles. The first-order chi connectivity index (χ1) is 7.67. The summed E-state index contributed by atoms with van der Waals surface area (Å²) in [6.07, 6.45) is 1.63. The molecule has 0 aromatic heterocycles. The second-order valence-corrected chi connectivity index (χ2v) is 3.44. The molecule has 0 radical (unpaired) electrons. The Bertz CT molecular complexity index is 355. The van der Waals surface area contributed by atoms with Crippen molar-refractivity contribution in [2.45, 2.75) is 19.7 Å². The lowest BCUT2D eigenvalue weighted by Gasteiger charge is -2.17. The molecule has 0 aliphatic carbocycles. The van der Waals surface area contributed by atoms with Gasteiger partial charge in [-0.3, -0.25) is 5.32 Å². The summed E-state index contributed by atoms with van der Waals surface area (Å²) in [6.45, 7) is 6.31. The fourth-order valence-corrected chi connectivity index (χ4v) is 1.31. The first-order valence-corrected chi connectivity index (χ1v) is 5.27. The zero-order valence-corrected chi connectivity index (χ0v) is 9.33. The molecule has 1 atom stereocenters. The second kappa shape index (κ2) is 6.25. The number of hydrogen-bond acceptors (Lipinski definition) is 3. The zero-order chi connectivity index (χ0) is 12.0.